The number of piperazine rings is 1. The van der Waals surface area contributed by atoms with Gasteiger partial charge in [0.1, 0.15) is 27.9 Å². The summed E-state index contributed by atoms with van der Waals surface area (Å²) in [5.74, 6) is 0.150. The number of amides is 2. The van der Waals surface area contributed by atoms with Crippen LogP contribution in [0, 0.1) is 13.8 Å². The first kappa shape index (κ1) is 39.2. The number of carbonyl (C=O) groups excluding carboxylic acids is 2. The van der Waals surface area contributed by atoms with Crippen LogP contribution >= 0.6 is 23.2 Å². The Morgan fingerprint density at radius 1 is 1.04 bits per heavy atom. The number of aryl methyl sites for hydroxylation is 2. The zero-order valence-electron chi connectivity index (χ0n) is 30.3. The molecule has 0 bridgehead atoms. The number of fused-ring (bicyclic) bond motifs is 1. The van der Waals surface area contributed by atoms with Gasteiger partial charge < -0.3 is 29.5 Å². The van der Waals surface area contributed by atoms with E-state index < -0.39 is 15.6 Å². The number of halogens is 2. The van der Waals surface area contributed by atoms with Crippen molar-refractivity contribution in [3.8, 4) is 5.75 Å². The third kappa shape index (κ3) is 9.33. The molecule has 2 heterocycles. The molecule has 2 fully saturated rings. The maximum absolute atomic E-state index is 14.1. The summed E-state index contributed by atoms with van der Waals surface area (Å²) in [6.07, 6.45) is 3.91. The Morgan fingerprint density at radius 2 is 1.71 bits per heavy atom. The van der Waals surface area contributed by atoms with E-state index in [0.29, 0.717) is 63.1 Å². The topological polar surface area (TPSA) is 137 Å². The molecule has 2 amide bonds. The first-order valence-electron chi connectivity index (χ1n) is 17.6. The van der Waals surface area contributed by atoms with E-state index in [1.54, 1.807) is 15.9 Å². The lowest BCUT2D eigenvalue weighted by Gasteiger charge is -2.46. The first-order chi connectivity index (χ1) is 24.0. The quantitative estimate of drug-likeness (QED) is 0.212. The summed E-state index contributed by atoms with van der Waals surface area (Å²) in [4.78, 5) is 34.9. The van der Waals surface area contributed by atoms with E-state index >= 15 is 0 Å². The molecule has 14 heteroatoms. The second kappa shape index (κ2) is 15.9. The van der Waals surface area contributed by atoms with Crippen LogP contribution in [0.2, 0.25) is 10.0 Å². The van der Waals surface area contributed by atoms with Crippen molar-refractivity contribution in [1.82, 2.24) is 14.8 Å². The monoisotopic (exact) mass is 760 g/mol. The second-order valence-corrected chi connectivity index (χ2v) is 17.3. The van der Waals surface area contributed by atoms with Gasteiger partial charge in [0.25, 0.3) is 0 Å². The highest BCUT2D eigenvalue weighted by Crippen LogP contribution is 2.44. The van der Waals surface area contributed by atoms with E-state index in [1.807, 2.05) is 32.0 Å². The minimum Gasteiger partial charge on any atom is -0.531 e. The number of hydrogen-bond acceptors (Lipinski definition) is 7. The average Bonchev–Trinajstić information content (AvgIpc) is 3.52. The minimum absolute atomic E-state index is 0.0261. The van der Waals surface area contributed by atoms with Crippen molar-refractivity contribution in [2.24, 2.45) is 5.73 Å². The fourth-order valence-electron chi connectivity index (χ4n) is 7.05. The number of benzene rings is 2. The summed E-state index contributed by atoms with van der Waals surface area (Å²) in [5, 5.41) is 1.08. The number of para-hydroxylation sites is 1. The lowest BCUT2D eigenvalue weighted by molar-refractivity contribution is -0.870. The molecule has 51 heavy (non-hydrogen) atoms. The molecule has 11 nitrogen and oxygen atoms in total. The maximum atomic E-state index is 14.1. The molecule has 1 aromatic heterocycles. The number of quaternary nitrogens is 1. The van der Waals surface area contributed by atoms with Crippen LogP contribution in [0.25, 0.3) is 15.6 Å². The highest BCUT2D eigenvalue weighted by molar-refractivity contribution is 7.94. The number of nitrogens with two attached hydrogens (primary N) is 1. The van der Waals surface area contributed by atoms with Crippen LogP contribution in [0.5, 0.6) is 5.75 Å². The van der Waals surface area contributed by atoms with E-state index in [0.717, 1.165) is 40.5 Å². The van der Waals surface area contributed by atoms with Gasteiger partial charge in [-0.3, -0.25) is 9.59 Å². The molecule has 1 saturated heterocycles. The molecule has 1 atom stereocenters. The Kier molecular flexibility index (Phi) is 12.3. The lowest BCUT2D eigenvalue weighted by Crippen LogP contribution is -2.56. The van der Waals surface area contributed by atoms with Gasteiger partial charge in [-0.05, 0) is 62.1 Å². The zero-order chi connectivity index (χ0) is 37.1. The fraction of sp³-hybridized carbons (Fsp3) is 0.541. The summed E-state index contributed by atoms with van der Waals surface area (Å²) in [7, 11) is 1.98. The molecule has 1 aliphatic carbocycles. The Hall–Kier alpha value is -3.00. The maximum Gasteiger partial charge on any atom is 0.224 e. The van der Waals surface area contributed by atoms with Crippen molar-refractivity contribution in [2.75, 3.05) is 53.9 Å². The molecular formula is C37H50Cl2N6O5S. The number of pyridine rings is 1. The van der Waals surface area contributed by atoms with Crippen LogP contribution in [0.1, 0.15) is 61.8 Å². The van der Waals surface area contributed by atoms with Gasteiger partial charge in [0.2, 0.25) is 11.8 Å². The largest absolute Gasteiger partial charge is 0.531 e. The lowest BCUT2D eigenvalue weighted by atomic mass is 9.96. The fourth-order valence-corrected chi connectivity index (χ4v) is 9.23. The summed E-state index contributed by atoms with van der Waals surface area (Å²) in [6.45, 7) is 6.09. The predicted molar refractivity (Wildman–Crippen MR) is 202 cm³/mol. The van der Waals surface area contributed by atoms with Crippen molar-refractivity contribution < 1.29 is 27.2 Å². The van der Waals surface area contributed by atoms with Gasteiger partial charge in [0.05, 0.1) is 37.6 Å². The van der Waals surface area contributed by atoms with E-state index in [1.165, 1.54) is 12.1 Å². The van der Waals surface area contributed by atoms with Gasteiger partial charge in [0.15, 0.2) is 0 Å². The predicted octanol–water partition coefficient (Wildman–Crippen LogP) is 5.99. The Bertz CT molecular complexity index is 1870. The zero-order valence-corrected chi connectivity index (χ0v) is 32.6. The van der Waals surface area contributed by atoms with E-state index in [9.17, 15) is 18.0 Å². The SMILES string of the molecule is Cc1cc(C)c2cccc(OCc3c(Cl)ccc(S(=O)(=O)[N-]C4(C(=O)N5CCN(C(=O)CC(N)CCC[N+](C)(C)C)CC5)CCCC4)c3Cl)c2n1. The van der Waals surface area contributed by atoms with Gasteiger partial charge in [-0.1, -0.05) is 61.0 Å². The highest BCUT2D eigenvalue weighted by atomic mass is 35.5. The van der Waals surface area contributed by atoms with Crippen molar-refractivity contribution in [1.29, 1.82) is 0 Å². The molecule has 1 aliphatic heterocycles. The molecule has 2 aromatic carbocycles. The molecule has 3 aromatic rings. The minimum atomic E-state index is -4.40. The van der Waals surface area contributed by atoms with Crippen molar-refractivity contribution in [3.63, 3.8) is 0 Å². The van der Waals surface area contributed by atoms with Gasteiger partial charge in [-0.15, -0.1) is 0 Å². The van der Waals surface area contributed by atoms with Crippen molar-refractivity contribution in [2.45, 2.75) is 81.9 Å². The van der Waals surface area contributed by atoms with Crippen LogP contribution in [-0.4, -0.2) is 105 Å². The number of sulfonamides is 1. The molecule has 0 spiro atoms. The van der Waals surface area contributed by atoms with Gasteiger partial charge in [-0.25, -0.2) is 13.4 Å². The van der Waals surface area contributed by atoms with Crippen LogP contribution in [0.15, 0.2) is 41.3 Å². The standard InChI is InChI=1S/C37H50Cl2N6O5S/c1-25-22-26(2)41-35-28(25)11-8-12-31(35)50-24-29-30(38)13-14-32(34(29)39)51(48,49)42-37(15-6-7-16-37)36(47)44-19-17-43(18-20-44)33(46)23-27(40)10-9-21-45(3,4)5/h8,11-14,22,27H,6-7,9-10,15-21,23-24,40H2,1-5H3. The van der Waals surface area contributed by atoms with E-state index in [4.69, 9.17) is 33.7 Å². The van der Waals surface area contributed by atoms with Crippen LogP contribution < -0.4 is 10.5 Å². The van der Waals surface area contributed by atoms with Crippen LogP contribution in [0.3, 0.4) is 0 Å². The Morgan fingerprint density at radius 3 is 2.37 bits per heavy atom. The summed E-state index contributed by atoms with van der Waals surface area (Å²) >= 11 is 13.3. The van der Waals surface area contributed by atoms with Gasteiger partial charge in [-0.2, -0.15) is 0 Å². The number of carbonyl (C=O) groups is 2. The third-order valence-electron chi connectivity index (χ3n) is 9.82. The molecule has 5 rings (SSSR count). The molecule has 0 radical (unpaired) electrons. The normalized spacial score (nSPS) is 17.2. The Labute approximate surface area is 312 Å². The van der Waals surface area contributed by atoms with Gasteiger partial charge >= 0.3 is 0 Å². The van der Waals surface area contributed by atoms with Crippen molar-refractivity contribution in [3.05, 3.63) is 68.0 Å². The summed E-state index contributed by atoms with van der Waals surface area (Å²) in [6, 6.07) is 10.2. The third-order valence-corrected chi connectivity index (χ3v) is 12.2. The molecule has 1 unspecified atom stereocenters. The number of hydrogen-bond donors (Lipinski definition) is 1. The summed E-state index contributed by atoms with van der Waals surface area (Å²) < 4.78 is 39.3. The van der Waals surface area contributed by atoms with Gasteiger partial charge in [0, 0.05) is 60.3 Å². The average molecular weight is 762 g/mol. The second-order valence-electron chi connectivity index (χ2n) is 15.0. The first-order valence-corrected chi connectivity index (χ1v) is 19.8. The van der Waals surface area contributed by atoms with E-state index in [-0.39, 0.29) is 51.4 Å². The Balaban J connectivity index is 1.26. The van der Waals surface area contributed by atoms with E-state index in [2.05, 4.69) is 30.8 Å². The van der Waals surface area contributed by atoms with Crippen molar-refractivity contribution >= 4 is 55.9 Å². The number of nitrogens with zero attached hydrogens (tertiary/aromatic N) is 5. The van der Waals surface area contributed by atoms with Crippen LogP contribution in [-0.2, 0) is 26.2 Å². The molecule has 278 valence electrons. The molecule has 1 saturated carbocycles. The summed E-state index contributed by atoms with van der Waals surface area (Å²) in [5.41, 5.74) is 7.71. The number of rotatable bonds is 13. The smallest absolute Gasteiger partial charge is 0.224 e. The molecular weight excluding hydrogens is 711 g/mol. The number of aromatic nitrogens is 1. The van der Waals surface area contributed by atoms with Crippen LogP contribution in [0.4, 0.5) is 0 Å². The highest BCUT2D eigenvalue weighted by Gasteiger charge is 2.39. The number of ether oxygens (including phenoxy) is 1. The molecule has 2 aliphatic rings. The molecule has 2 N–H and O–H groups in total.